The van der Waals surface area contributed by atoms with E-state index < -0.39 is 9.84 Å². The Hall–Kier alpha value is -4.87. The zero-order chi connectivity index (χ0) is 30.0. The predicted octanol–water partition coefficient (Wildman–Crippen LogP) is 2.26. The lowest BCUT2D eigenvalue weighted by molar-refractivity contribution is -0.131. The Labute approximate surface area is 246 Å². The van der Waals surface area contributed by atoms with Crippen molar-refractivity contribution in [3.8, 4) is 22.4 Å². The van der Waals surface area contributed by atoms with Gasteiger partial charge < -0.3 is 10.6 Å². The van der Waals surface area contributed by atoms with Gasteiger partial charge in [-0.2, -0.15) is 9.61 Å². The van der Waals surface area contributed by atoms with E-state index in [-0.39, 0.29) is 40.4 Å². The summed E-state index contributed by atoms with van der Waals surface area (Å²) >= 11 is 0. The van der Waals surface area contributed by atoms with E-state index in [2.05, 4.69) is 14.8 Å². The number of piperidine rings is 1. The number of hydrogen-bond donors (Lipinski definition) is 2. The van der Waals surface area contributed by atoms with Crippen molar-refractivity contribution < 1.29 is 17.6 Å². The van der Waals surface area contributed by atoms with Gasteiger partial charge in [-0.1, -0.05) is 18.2 Å². The number of carbonyl (C=O) groups is 1. The van der Waals surface area contributed by atoms with Gasteiger partial charge in [0.2, 0.25) is 6.21 Å². The zero-order valence-electron chi connectivity index (χ0n) is 23.2. The van der Waals surface area contributed by atoms with Gasteiger partial charge >= 0.3 is 5.84 Å². The van der Waals surface area contributed by atoms with Crippen LogP contribution in [0, 0.1) is 5.82 Å². The Morgan fingerprint density at radius 1 is 1.05 bits per heavy atom. The van der Waals surface area contributed by atoms with Crippen molar-refractivity contribution in [2.75, 3.05) is 12.0 Å². The molecule has 0 aliphatic carbocycles. The summed E-state index contributed by atoms with van der Waals surface area (Å²) in [5, 5.41) is 4.37. The summed E-state index contributed by atoms with van der Waals surface area (Å²) in [7, 11) is -3.78. The van der Waals surface area contributed by atoms with Crippen LogP contribution in [0.4, 0.5) is 10.2 Å². The van der Waals surface area contributed by atoms with Crippen LogP contribution in [0.15, 0.2) is 65.3 Å². The number of amides is 1. The van der Waals surface area contributed by atoms with Gasteiger partial charge in [0.25, 0.3) is 5.91 Å². The van der Waals surface area contributed by atoms with Crippen LogP contribution in [0.2, 0.25) is 0 Å². The first-order chi connectivity index (χ1) is 20.6. The van der Waals surface area contributed by atoms with Crippen molar-refractivity contribution in [3.63, 3.8) is 0 Å². The normalized spacial score (nSPS) is 21.3. The van der Waals surface area contributed by atoms with Gasteiger partial charge in [-0.25, -0.2) is 22.5 Å². The van der Waals surface area contributed by atoms with Gasteiger partial charge in [0.05, 0.1) is 23.7 Å². The number of fused-ring (bicyclic) bond motifs is 3. The van der Waals surface area contributed by atoms with Crippen molar-refractivity contribution in [2.24, 2.45) is 5.73 Å². The molecule has 7 rings (SSSR count). The van der Waals surface area contributed by atoms with Crippen LogP contribution >= 0.6 is 0 Å². The first-order valence-corrected chi connectivity index (χ1v) is 15.8. The van der Waals surface area contributed by atoms with Gasteiger partial charge in [0.1, 0.15) is 22.1 Å². The second-order valence-corrected chi connectivity index (χ2v) is 13.2. The lowest BCUT2D eigenvalue weighted by atomic mass is 9.87. The molecule has 1 unspecified atom stereocenters. The minimum Gasteiger partial charge on any atom is -0.382 e. The molecule has 3 aliphatic heterocycles. The largest absolute Gasteiger partial charge is 0.382 e. The fourth-order valence-corrected chi connectivity index (χ4v) is 7.69. The average molecular weight is 600 g/mol. The van der Waals surface area contributed by atoms with Crippen molar-refractivity contribution >= 4 is 39.3 Å². The molecule has 4 aromatic rings. The Morgan fingerprint density at radius 3 is 2.42 bits per heavy atom. The number of hydrogen-bond acceptors (Lipinski definition) is 8. The molecule has 0 spiro atoms. The molecule has 218 valence electrons. The van der Waals surface area contributed by atoms with E-state index >= 15 is 0 Å². The summed E-state index contributed by atoms with van der Waals surface area (Å²) in [4.78, 5) is 24.6. The van der Waals surface area contributed by atoms with E-state index in [1.165, 1.54) is 16.8 Å². The van der Waals surface area contributed by atoms with Gasteiger partial charge in [-0.3, -0.25) is 15.5 Å². The fraction of sp³-hybridized carbons (Fsp3) is 0.267. The molecule has 1 amide bonds. The van der Waals surface area contributed by atoms with Crippen LogP contribution in [-0.4, -0.2) is 69.2 Å². The molecular weight excluding hydrogens is 571 g/mol. The zero-order valence-corrected chi connectivity index (χ0v) is 24.0. The summed E-state index contributed by atoms with van der Waals surface area (Å²) in [5.74, 6) is -0.459. The number of carbonyl (C=O) groups excluding carboxylic acids is 1. The topological polar surface area (TPSA) is 164 Å². The molecule has 11 nitrogen and oxygen atoms in total. The van der Waals surface area contributed by atoms with E-state index in [1.54, 1.807) is 48.8 Å². The Morgan fingerprint density at radius 2 is 1.79 bits per heavy atom. The van der Waals surface area contributed by atoms with E-state index in [0.717, 1.165) is 19.1 Å². The maximum Gasteiger partial charge on any atom is 0.366 e. The van der Waals surface area contributed by atoms with E-state index in [0.29, 0.717) is 58.0 Å². The number of rotatable bonds is 5. The Balaban J connectivity index is 1.27. The Kier molecular flexibility index (Phi) is 6.19. The monoisotopic (exact) mass is 599 g/mol. The summed E-state index contributed by atoms with van der Waals surface area (Å²) in [6.45, 7) is 0. The highest BCUT2D eigenvalue weighted by Crippen LogP contribution is 2.45. The summed E-state index contributed by atoms with van der Waals surface area (Å²) in [6, 6.07) is 9.74. The van der Waals surface area contributed by atoms with Crippen LogP contribution < -0.4 is 16.1 Å². The number of nitrogens with zero attached hydrogens (tertiary/aromatic N) is 6. The van der Waals surface area contributed by atoms with Crippen molar-refractivity contribution in [1.29, 1.82) is 0 Å². The first kappa shape index (κ1) is 27.0. The molecule has 3 aromatic heterocycles. The van der Waals surface area contributed by atoms with E-state index in [9.17, 15) is 17.6 Å². The van der Waals surface area contributed by atoms with Gasteiger partial charge in [-0.05, 0) is 43.9 Å². The molecular formula is C30H28FN8O3S+. The second-order valence-electron chi connectivity index (χ2n) is 11.2. The first-order valence-electron chi connectivity index (χ1n) is 13.9. The highest BCUT2D eigenvalue weighted by atomic mass is 32.2. The smallest absolute Gasteiger partial charge is 0.366 e. The van der Waals surface area contributed by atoms with Crippen LogP contribution in [0.25, 0.3) is 28.0 Å². The summed E-state index contributed by atoms with van der Waals surface area (Å²) < 4.78 is 45.8. The number of benzene rings is 1. The number of nitrogen functional groups attached to an aromatic ring is 1. The number of anilines is 1. The lowest BCUT2D eigenvalue weighted by Gasteiger charge is -2.39. The summed E-state index contributed by atoms with van der Waals surface area (Å²) in [5.41, 5.74) is 15.6. The van der Waals surface area contributed by atoms with Crippen molar-refractivity contribution in [3.05, 3.63) is 72.0 Å². The van der Waals surface area contributed by atoms with Crippen molar-refractivity contribution in [2.45, 2.75) is 48.6 Å². The molecule has 2 saturated heterocycles. The molecule has 3 aliphatic rings. The quantitative estimate of drug-likeness (QED) is 0.330. The molecule has 1 aromatic carbocycles. The summed E-state index contributed by atoms with van der Waals surface area (Å²) in [6.07, 6.45) is 10.0. The molecule has 6 heterocycles. The molecule has 13 heteroatoms. The molecule has 2 fully saturated rings. The molecule has 4 N–H and O–H groups in total. The van der Waals surface area contributed by atoms with E-state index in [1.807, 2.05) is 4.90 Å². The third kappa shape index (κ3) is 4.48. The minimum absolute atomic E-state index is 0.0196. The van der Waals surface area contributed by atoms with Crippen molar-refractivity contribution in [1.82, 2.24) is 29.1 Å². The molecule has 3 atom stereocenters. The maximum atomic E-state index is 14.3. The van der Waals surface area contributed by atoms with E-state index in [4.69, 9.17) is 16.5 Å². The van der Waals surface area contributed by atoms with Crippen LogP contribution in [0.5, 0.6) is 0 Å². The van der Waals surface area contributed by atoms with Gasteiger partial charge in [0.15, 0.2) is 15.5 Å². The van der Waals surface area contributed by atoms with Crippen LogP contribution in [-0.2, 0) is 14.6 Å². The maximum absolute atomic E-state index is 14.3. The number of nitrogens with two attached hydrogens (primary N) is 2. The third-order valence-electron chi connectivity index (χ3n) is 8.52. The average Bonchev–Trinajstić information content (AvgIpc) is 3.68. The molecule has 43 heavy (non-hydrogen) atoms. The highest BCUT2D eigenvalue weighted by Gasteiger charge is 2.46. The second kappa shape index (κ2) is 9.85. The predicted molar refractivity (Wildman–Crippen MR) is 160 cm³/mol. The Bertz CT molecular complexity index is 2020. The molecule has 2 bridgehead atoms. The van der Waals surface area contributed by atoms with Gasteiger partial charge in [-0.15, -0.1) is 0 Å². The standard InChI is InChI=1S/C30H27FN8O3S/c1-43(41,42)27-26(17-10-19-7-8-20(11-17)38(19)30(40)18-12-25(32)35-14-18)37-29-22(15-36-39(29)28(27)33)16-6-9-24(34-13-16)21-4-2-3-5-23(21)31/h2-6,9,12-15,17,19-20,32H,7-8,10-11H2,1H3,(H2,33,36,37)/p+1/t17?,19-,20+. The van der Waals surface area contributed by atoms with Crippen LogP contribution in [0.1, 0.15) is 37.3 Å². The number of pyridine rings is 1. The SMILES string of the molecule is CS(=O)(=O)c1c(C2C[C@H]3CC[C@@H](C2)N3C(=O)C2=CC(N)=[N+]=C2)nc2c(-c3ccc(-c4ccccc4F)nc3)cnn2c1N. The highest BCUT2D eigenvalue weighted by molar-refractivity contribution is 7.91. The lowest BCUT2D eigenvalue weighted by Crippen LogP contribution is -2.47. The number of amidine groups is 1. The van der Waals surface area contributed by atoms with Crippen LogP contribution in [0.3, 0.4) is 0 Å². The minimum atomic E-state index is -3.78. The van der Waals surface area contributed by atoms with Gasteiger partial charge in [0, 0.05) is 47.1 Å². The molecule has 0 saturated carbocycles. The third-order valence-corrected chi connectivity index (χ3v) is 9.68. The number of sulfone groups is 1. The number of aromatic nitrogens is 4. The molecule has 0 radical (unpaired) electrons. The number of halogens is 1. The fourth-order valence-electron chi connectivity index (χ4n) is 6.64.